The van der Waals surface area contributed by atoms with E-state index >= 15 is 0 Å². The summed E-state index contributed by atoms with van der Waals surface area (Å²) in [5.41, 5.74) is 6.94. The van der Waals surface area contributed by atoms with Gasteiger partial charge in [-0.15, -0.1) is 12.4 Å². The van der Waals surface area contributed by atoms with Crippen LogP contribution in [0, 0.1) is 5.92 Å². The number of hydrogen-bond acceptors (Lipinski definition) is 2. The summed E-state index contributed by atoms with van der Waals surface area (Å²) in [7, 11) is 0. The van der Waals surface area contributed by atoms with Gasteiger partial charge < -0.3 is 10.6 Å². The molecular weight excluding hydrogens is 320 g/mol. The van der Waals surface area contributed by atoms with Gasteiger partial charge in [-0.3, -0.25) is 4.79 Å². The standard InChI is InChI=1S/C20H32N2O.ClH/c1-2-17-16-22(20(23)12-8-3-4-9-14-21)15-13-19(17)18-10-6-5-7-11-18;/h5-7,10-11,17,19H,2-4,8-9,12-16,21H2,1H3;1H. The van der Waals surface area contributed by atoms with Gasteiger partial charge in [0.05, 0.1) is 0 Å². The van der Waals surface area contributed by atoms with Gasteiger partial charge in [0.2, 0.25) is 5.91 Å². The first-order chi connectivity index (χ1) is 11.3. The molecule has 136 valence electrons. The lowest BCUT2D eigenvalue weighted by molar-refractivity contribution is -0.133. The third-order valence-electron chi connectivity index (χ3n) is 5.18. The molecule has 0 saturated carbocycles. The maximum absolute atomic E-state index is 12.4. The molecule has 0 aliphatic carbocycles. The summed E-state index contributed by atoms with van der Waals surface area (Å²) in [6, 6.07) is 10.8. The molecule has 0 aromatic heterocycles. The van der Waals surface area contributed by atoms with Crippen LogP contribution >= 0.6 is 12.4 Å². The van der Waals surface area contributed by atoms with E-state index in [2.05, 4.69) is 42.2 Å². The molecule has 4 heteroatoms. The highest BCUT2D eigenvalue weighted by Crippen LogP contribution is 2.35. The van der Waals surface area contributed by atoms with Gasteiger partial charge in [-0.05, 0) is 43.2 Å². The van der Waals surface area contributed by atoms with Crippen LogP contribution in [0.15, 0.2) is 30.3 Å². The largest absolute Gasteiger partial charge is 0.342 e. The van der Waals surface area contributed by atoms with Crippen molar-refractivity contribution in [2.24, 2.45) is 11.7 Å². The van der Waals surface area contributed by atoms with Gasteiger partial charge in [-0.2, -0.15) is 0 Å². The highest BCUT2D eigenvalue weighted by atomic mass is 35.5. The molecule has 0 spiro atoms. The van der Waals surface area contributed by atoms with Crippen molar-refractivity contribution in [3.05, 3.63) is 35.9 Å². The Morgan fingerprint density at radius 3 is 2.54 bits per heavy atom. The first-order valence-corrected chi connectivity index (χ1v) is 9.29. The Kier molecular flexibility index (Phi) is 10.0. The number of benzene rings is 1. The van der Waals surface area contributed by atoms with Gasteiger partial charge >= 0.3 is 0 Å². The molecule has 0 bridgehead atoms. The van der Waals surface area contributed by atoms with Crippen molar-refractivity contribution < 1.29 is 4.79 Å². The fourth-order valence-electron chi connectivity index (χ4n) is 3.74. The second-order valence-corrected chi connectivity index (χ2v) is 6.77. The Morgan fingerprint density at radius 1 is 1.17 bits per heavy atom. The molecule has 2 rings (SSSR count). The minimum Gasteiger partial charge on any atom is -0.342 e. The zero-order valence-corrected chi connectivity index (χ0v) is 15.8. The molecular formula is C20H33ClN2O. The molecule has 2 unspecified atom stereocenters. The van der Waals surface area contributed by atoms with E-state index in [0.717, 1.165) is 58.2 Å². The topological polar surface area (TPSA) is 46.3 Å². The number of likely N-dealkylation sites (tertiary alicyclic amines) is 1. The SMILES string of the molecule is CCC1CN(C(=O)CCCCCCN)CCC1c1ccccc1.Cl. The lowest BCUT2D eigenvalue weighted by Gasteiger charge is -2.38. The van der Waals surface area contributed by atoms with Crippen LogP contribution in [0.5, 0.6) is 0 Å². The zero-order chi connectivity index (χ0) is 16.5. The number of piperidine rings is 1. The number of carbonyl (C=O) groups excluding carboxylic acids is 1. The number of carbonyl (C=O) groups is 1. The molecule has 1 aliphatic heterocycles. The monoisotopic (exact) mass is 352 g/mol. The fourth-order valence-corrected chi connectivity index (χ4v) is 3.74. The Hall–Kier alpha value is -1.06. The molecule has 1 saturated heterocycles. The van der Waals surface area contributed by atoms with Crippen LogP contribution in [0.2, 0.25) is 0 Å². The van der Waals surface area contributed by atoms with Crippen LogP contribution in [-0.4, -0.2) is 30.4 Å². The summed E-state index contributed by atoms with van der Waals surface area (Å²) in [5.74, 6) is 1.55. The summed E-state index contributed by atoms with van der Waals surface area (Å²) in [5, 5.41) is 0. The van der Waals surface area contributed by atoms with E-state index < -0.39 is 0 Å². The van der Waals surface area contributed by atoms with Crippen molar-refractivity contribution in [1.82, 2.24) is 4.90 Å². The van der Waals surface area contributed by atoms with Crippen molar-refractivity contribution in [2.45, 2.75) is 57.8 Å². The summed E-state index contributed by atoms with van der Waals surface area (Å²) in [4.78, 5) is 14.5. The highest BCUT2D eigenvalue weighted by Gasteiger charge is 2.30. The number of unbranched alkanes of at least 4 members (excludes halogenated alkanes) is 3. The molecule has 1 fully saturated rings. The number of halogens is 1. The first kappa shape index (κ1) is 21.0. The number of rotatable bonds is 8. The average Bonchev–Trinajstić information content (AvgIpc) is 2.61. The van der Waals surface area contributed by atoms with Gasteiger partial charge in [0.15, 0.2) is 0 Å². The highest BCUT2D eigenvalue weighted by molar-refractivity contribution is 5.85. The number of hydrogen-bond donors (Lipinski definition) is 1. The van der Waals surface area contributed by atoms with Gasteiger partial charge in [-0.25, -0.2) is 0 Å². The Labute approximate surface area is 153 Å². The predicted molar refractivity (Wildman–Crippen MR) is 104 cm³/mol. The second-order valence-electron chi connectivity index (χ2n) is 6.77. The van der Waals surface area contributed by atoms with E-state index in [1.54, 1.807) is 0 Å². The van der Waals surface area contributed by atoms with E-state index in [1.165, 1.54) is 5.56 Å². The van der Waals surface area contributed by atoms with E-state index in [-0.39, 0.29) is 12.4 Å². The van der Waals surface area contributed by atoms with E-state index in [9.17, 15) is 4.79 Å². The predicted octanol–water partition coefficient (Wildman–Crippen LogP) is 4.36. The van der Waals surface area contributed by atoms with Gasteiger partial charge in [-0.1, -0.05) is 56.5 Å². The Balaban J connectivity index is 0.00000288. The zero-order valence-electron chi connectivity index (χ0n) is 15.0. The van der Waals surface area contributed by atoms with E-state index in [0.29, 0.717) is 24.2 Å². The molecule has 24 heavy (non-hydrogen) atoms. The lowest BCUT2D eigenvalue weighted by atomic mass is 9.79. The minimum absolute atomic E-state index is 0. The van der Waals surface area contributed by atoms with Crippen LogP contribution in [0.4, 0.5) is 0 Å². The average molecular weight is 353 g/mol. The van der Waals surface area contributed by atoms with E-state index in [4.69, 9.17) is 5.73 Å². The first-order valence-electron chi connectivity index (χ1n) is 9.29. The third-order valence-corrected chi connectivity index (χ3v) is 5.18. The quantitative estimate of drug-likeness (QED) is 0.706. The van der Waals surface area contributed by atoms with Crippen LogP contribution in [0.1, 0.15) is 63.4 Å². The summed E-state index contributed by atoms with van der Waals surface area (Å²) >= 11 is 0. The van der Waals surface area contributed by atoms with Crippen molar-refractivity contribution >= 4 is 18.3 Å². The molecule has 1 aromatic carbocycles. The maximum atomic E-state index is 12.4. The van der Waals surface area contributed by atoms with Crippen LogP contribution in [0.25, 0.3) is 0 Å². The van der Waals surface area contributed by atoms with Crippen LogP contribution in [0.3, 0.4) is 0 Å². The van der Waals surface area contributed by atoms with E-state index in [1.807, 2.05) is 0 Å². The fraction of sp³-hybridized carbons (Fsp3) is 0.650. The molecule has 0 radical (unpaired) electrons. The molecule has 1 heterocycles. The smallest absolute Gasteiger partial charge is 0.222 e. The molecule has 1 aromatic rings. The van der Waals surface area contributed by atoms with Gasteiger partial charge in [0.1, 0.15) is 0 Å². The van der Waals surface area contributed by atoms with Crippen molar-refractivity contribution in [1.29, 1.82) is 0 Å². The Bertz CT molecular complexity index is 466. The number of nitrogens with zero attached hydrogens (tertiary/aromatic N) is 1. The Morgan fingerprint density at radius 2 is 1.88 bits per heavy atom. The summed E-state index contributed by atoms with van der Waals surface area (Å²) < 4.78 is 0. The van der Waals surface area contributed by atoms with Crippen molar-refractivity contribution in [2.75, 3.05) is 19.6 Å². The van der Waals surface area contributed by atoms with Crippen molar-refractivity contribution in [3.8, 4) is 0 Å². The van der Waals surface area contributed by atoms with Crippen LogP contribution < -0.4 is 5.73 Å². The molecule has 3 nitrogen and oxygen atoms in total. The van der Waals surface area contributed by atoms with Crippen molar-refractivity contribution in [3.63, 3.8) is 0 Å². The minimum atomic E-state index is 0. The molecule has 2 atom stereocenters. The third kappa shape index (κ3) is 6.10. The number of nitrogens with two attached hydrogens (primary N) is 1. The molecule has 1 amide bonds. The second kappa shape index (κ2) is 11.5. The molecule has 1 aliphatic rings. The van der Waals surface area contributed by atoms with Gasteiger partial charge in [0.25, 0.3) is 0 Å². The van der Waals surface area contributed by atoms with Gasteiger partial charge in [0, 0.05) is 19.5 Å². The lowest BCUT2D eigenvalue weighted by Crippen LogP contribution is -2.42. The number of amides is 1. The summed E-state index contributed by atoms with van der Waals surface area (Å²) in [6.07, 6.45) is 7.30. The molecule has 2 N–H and O–H groups in total. The normalized spacial score (nSPS) is 20.5. The summed E-state index contributed by atoms with van der Waals surface area (Å²) in [6.45, 7) is 4.86. The maximum Gasteiger partial charge on any atom is 0.222 e. The van der Waals surface area contributed by atoms with Crippen LogP contribution in [-0.2, 0) is 4.79 Å².